The molecule has 0 radical (unpaired) electrons. The van der Waals surface area contributed by atoms with Crippen molar-refractivity contribution in [2.45, 2.75) is 0 Å². The van der Waals surface area contributed by atoms with Gasteiger partial charge in [-0.2, -0.15) is 0 Å². The van der Waals surface area contributed by atoms with Crippen molar-refractivity contribution in [1.82, 2.24) is 0 Å². The van der Waals surface area contributed by atoms with Crippen LogP contribution in [0.15, 0.2) is 81.6 Å². The van der Waals surface area contributed by atoms with E-state index in [4.69, 9.17) is 8.83 Å². The van der Waals surface area contributed by atoms with Gasteiger partial charge < -0.3 is 8.83 Å². The number of hydrogen-bond donors (Lipinski definition) is 0. The fourth-order valence-electron chi connectivity index (χ4n) is 3.83. The Bertz CT molecular complexity index is 1430. The Labute approximate surface area is 212 Å². The topological polar surface area (TPSA) is 26.3 Å². The highest BCUT2D eigenvalue weighted by Crippen LogP contribution is 2.39. The van der Waals surface area contributed by atoms with E-state index in [1.807, 2.05) is 0 Å². The van der Waals surface area contributed by atoms with Crippen LogP contribution in [0.3, 0.4) is 0 Å². The molecule has 6 aromatic heterocycles. The molecule has 0 fully saturated rings. The maximum atomic E-state index is 6.22. The first-order chi connectivity index (χ1) is 16.8. The molecule has 1 aliphatic rings. The second-order valence-electron chi connectivity index (χ2n) is 7.80. The SMILES string of the molecule is C1=C\c2ccc(s2)-c2ccc(o2)-c2ccc(s2)/C=C\c2ccc(s2)-c2ccc(o2)-c2ccc/1s2. The lowest BCUT2D eigenvalue weighted by Gasteiger charge is -1.93. The zero-order valence-electron chi connectivity index (χ0n) is 17.7. The van der Waals surface area contributed by atoms with Crippen LogP contribution in [0.25, 0.3) is 66.9 Å². The Hall–Kier alpha value is -3.16. The van der Waals surface area contributed by atoms with E-state index in [2.05, 4.69) is 97.1 Å². The van der Waals surface area contributed by atoms with Gasteiger partial charge in [-0.15, -0.1) is 45.3 Å². The number of rotatable bonds is 0. The van der Waals surface area contributed by atoms with Crippen LogP contribution in [0, 0.1) is 0 Å². The molecule has 0 atom stereocenters. The van der Waals surface area contributed by atoms with Gasteiger partial charge in [-0.05, 0) is 97.1 Å². The predicted molar refractivity (Wildman–Crippen MR) is 149 cm³/mol. The Balaban J connectivity index is 1.32. The van der Waals surface area contributed by atoms with Crippen molar-refractivity contribution in [2.75, 3.05) is 0 Å². The zero-order chi connectivity index (χ0) is 22.5. The highest BCUT2D eigenvalue weighted by Gasteiger charge is 2.12. The van der Waals surface area contributed by atoms with Crippen LogP contribution < -0.4 is 0 Å². The van der Waals surface area contributed by atoms with E-state index in [0.29, 0.717) is 0 Å². The van der Waals surface area contributed by atoms with Crippen molar-refractivity contribution in [1.29, 1.82) is 0 Å². The summed E-state index contributed by atoms with van der Waals surface area (Å²) in [5.74, 6) is 3.63. The number of hydrogen-bond acceptors (Lipinski definition) is 6. The van der Waals surface area contributed by atoms with Gasteiger partial charge in [0.2, 0.25) is 0 Å². The van der Waals surface area contributed by atoms with Gasteiger partial charge in [0.1, 0.15) is 23.0 Å². The van der Waals surface area contributed by atoms with Gasteiger partial charge in [0.15, 0.2) is 0 Å². The number of furan rings is 2. The van der Waals surface area contributed by atoms with Crippen molar-refractivity contribution in [2.24, 2.45) is 0 Å². The molecule has 0 saturated carbocycles. The molecule has 0 aromatic carbocycles. The molecule has 0 aliphatic carbocycles. The first-order valence-corrected chi connectivity index (χ1v) is 14.0. The van der Waals surface area contributed by atoms with Crippen LogP contribution in [0.1, 0.15) is 19.5 Å². The summed E-state index contributed by atoms with van der Waals surface area (Å²) in [6.45, 7) is 0. The third kappa shape index (κ3) is 3.79. The standard InChI is InChI=1S/C28H16O2S4/c1-2-18-6-14-26(32-18)22-11-12-24(30-22)28-16-8-20(34-28)4-3-19-7-15-27(33-19)23-10-9-21(29-23)25-13-5-17(1)31-25/h1-16H/b2-1-,4-3-,17-1?,18-2?,19-3?,20-4?,25-21?,26-22?,27-23?,28-24?. The maximum Gasteiger partial charge on any atom is 0.144 e. The fourth-order valence-corrected chi connectivity index (χ4v) is 7.32. The minimum atomic E-state index is 0.908. The molecule has 34 heavy (non-hydrogen) atoms. The molecule has 0 N–H and O–H groups in total. The van der Waals surface area contributed by atoms with E-state index in [-0.39, 0.29) is 0 Å². The minimum Gasteiger partial charge on any atom is -0.454 e. The predicted octanol–water partition coefficient (Wildman–Crippen LogP) is 10.4. The van der Waals surface area contributed by atoms with E-state index in [1.54, 1.807) is 45.3 Å². The third-order valence-corrected chi connectivity index (χ3v) is 9.77. The van der Waals surface area contributed by atoms with Gasteiger partial charge >= 0.3 is 0 Å². The molecule has 6 heteroatoms. The highest BCUT2D eigenvalue weighted by molar-refractivity contribution is 7.18. The molecule has 0 unspecified atom stereocenters. The van der Waals surface area contributed by atoms with E-state index >= 15 is 0 Å². The van der Waals surface area contributed by atoms with Crippen molar-refractivity contribution < 1.29 is 8.83 Å². The average Bonchev–Trinajstić information content (AvgIpc) is 3.68. The minimum absolute atomic E-state index is 0.908. The first-order valence-electron chi connectivity index (χ1n) is 10.7. The molecule has 12 bridgehead atoms. The first kappa shape index (κ1) is 20.2. The van der Waals surface area contributed by atoms with E-state index < -0.39 is 0 Å². The van der Waals surface area contributed by atoms with Crippen LogP contribution in [-0.2, 0) is 0 Å². The van der Waals surface area contributed by atoms with Crippen molar-refractivity contribution in [3.8, 4) is 42.5 Å². The second-order valence-corrected chi connectivity index (χ2v) is 12.3. The van der Waals surface area contributed by atoms with Gasteiger partial charge in [-0.25, -0.2) is 0 Å². The van der Waals surface area contributed by atoms with Crippen LogP contribution in [0.5, 0.6) is 0 Å². The summed E-state index contributed by atoms with van der Waals surface area (Å²) in [7, 11) is 0. The Kier molecular flexibility index (Phi) is 4.91. The van der Waals surface area contributed by atoms with Crippen LogP contribution in [0.4, 0.5) is 0 Å². The fraction of sp³-hybridized carbons (Fsp3) is 0. The summed E-state index contributed by atoms with van der Waals surface area (Å²) in [5.41, 5.74) is 0. The summed E-state index contributed by atoms with van der Waals surface area (Å²) < 4.78 is 12.4. The summed E-state index contributed by atoms with van der Waals surface area (Å²) in [5, 5.41) is 0. The van der Waals surface area contributed by atoms with Crippen molar-refractivity contribution in [3.05, 3.63) is 92.3 Å². The average molecular weight is 513 g/mol. The summed E-state index contributed by atoms with van der Waals surface area (Å²) >= 11 is 6.94. The van der Waals surface area contributed by atoms with E-state index in [0.717, 1.165) is 42.5 Å². The van der Waals surface area contributed by atoms with E-state index in [1.165, 1.54) is 19.5 Å². The van der Waals surface area contributed by atoms with Crippen LogP contribution in [-0.4, -0.2) is 0 Å². The molecule has 0 saturated heterocycles. The smallest absolute Gasteiger partial charge is 0.144 e. The highest BCUT2D eigenvalue weighted by atomic mass is 32.1. The van der Waals surface area contributed by atoms with Crippen molar-refractivity contribution in [3.63, 3.8) is 0 Å². The molecule has 7 rings (SSSR count). The Morgan fingerprint density at radius 1 is 0.324 bits per heavy atom. The summed E-state index contributed by atoms with van der Waals surface area (Å²) in [6.07, 6.45) is 8.66. The number of fused-ring (bicyclic) bond motifs is 16. The monoisotopic (exact) mass is 512 g/mol. The molecular weight excluding hydrogens is 497 g/mol. The maximum absolute atomic E-state index is 6.22. The Morgan fingerprint density at radius 2 is 0.588 bits per heavy atom. The quantitative estimate of drug-likeness (QED) is 0.202. The lowest BCUT2D eigenvalue weighted by Crippen LogP contribution is -1.63. The zero-order valence-corrected chi connectivity index (χ0v) is 21.0. The normalized spacial score (nSPS) is 14.4. The van der Waals surface area contributed by atoms with E-state index in [9.17, 15) is 0 Å². The summed E-state index contributed by atoms with van der Waals surface area (Å²) in [6, 6.07) is 25.4. The second kappa shape index (κ2) is 8.25. The molecule has 0 amide bonds. The largest absolute Gasteiger partial charge is 0.454 e. The van der Waals surface area contributed by atoms with Crippen LogP contribution in [0.2, 0.25) is 0 Å². The van der Waals surface area contributed by atoms with Crippen LogP contribution >= 0.6 is 45.3 Å². The molecule has 0 spiro atoms. The Morgan fingerprint density at radius 3 is 0.853 bits per heavy atom. The molecule has 7 heterocycles. The molecule has 164 valence electrons. The van der Waals surface area contributed by atoms with Gasteiger partial charge in [0.25, 0.3) is 0 Å². The lowest BCUT2D eigenvalue weighted by atomic mass is 10.3. The number of thiophene rings is 4. The van der Waals surface area contributed by atoms with Gasteiger partial charge in [-0.3, -0.25) is 0 Å². The molecule has 1 aliphatic heterocycles. The lowest BCUT2D eigenvalue weighted by molar-refractivity contribution is 0.600. The van der Waals surface area contributed by atoms with Gasteiger partial charge in [-0.1, -0.05) is 0 Å². The summed E-state index contributed by atoms with van der Waals surface area (Å²) in [4.78, 5) is 9.32. The molecular formula is C28H16O2S4. The van der Waals surface area contributed by atoms with Gasteiger partial charge in [0, 0.05) is 19.5 Å². The molecule has 6 aromatic rings. The van der Waals surface area contributed by atoms with Crippen molar-refractivity contribution >= 4 is 69.7 Å². The van der Waals surface area contributed by atoms with Gasteiger partial charge in [0.05, 0.1) is 19.5 Å². The molecule has 2 nitrogen and oxygen atoms in total. The third-order valence-electron chi connectivity index (χ3n) is 5.51.